The fourth-order valence-corrected chi connectivity index (χ4v) is 3.47. The quantitative estimate of drug-likeness (QED) is 0.357. The Morgan fingerprint density at radius 1 is 0.806 bits per heavy atom. The Hall–Kier alpha value is -4.06. The summed E-state index contributed by atoms with van der Waals surface area (Å²) in [6.07, 6.45) is 0. The molecule has 0 aromatic heterocycles. The third kappa shape index (κ3) is 3.75. The summed E-state index contributed by atoms with van der Waals surface area (Å²) in [7, 11) is 0. The number of fused-ring (bicyclic) bond motifs is 1. The molecule has 0 spiro atoms. The summed E-state index contributed by atoms with van der Waals surface area (Å²) in [6, 6.07) is 18.2. The van der Waals surface area contributed by atoms with Crippen LogP contribution in [-0.2, 0) is 4.74 Å². The zero-order valence-electron chi connectivity index (χ0n) is 17.0. The van der Waals surface area contributed by atoms with E-state index in [1.807, 2.05) is 26.0 Å². The highest BCUT2D eigenvalue weighted by atomic mass is 16.5. The predicted molar refractivity (Wildman–Crippen MR) is 115 cm³/mol. The molecule has 4 rings (SSSR count). The maximum atomic E-state index is 13.0. The Kier molecular flexibility index (Phi) is 5.21. The molecule has 3 aromatic rings. The minimum Gasteiger partial charge on any atom is -0.454 e. The molecule has 0 fully saturated rings. The molecule has 6 heteroatoms. The summed E-state index contributed by atoms with van der Waals surface area (Å²) >= 11 is 0. The molecular formula is C25H19NO5. The summed E-state index contributed by atoms with van der Waals surface area (Å²) in [5, 5.41) is 0. The molecule has 0 unspecified atom stereocenters. The number of rotatable bonds is 5. The molecule has 1 aliphatic rings. The third-order valence-corrected chi connectivity index (χ3v) is 5.16. The van der Waals surface area contributed by atoms with Crippen LogP contribution in [0.2, 0.25) is 0 Å². The average molecular weight is 413 g/mol. The fourth-order valence-electron chi connectivity index (χ4n) is 3.47. The molecular weight excluding hydrogens is 394 g/mol. The van der Waals surface area contributed by atoms with E-state index in [1.54, 1.807) is 36.4 Å². The Labute approximate surface area is 179 Å². The smallest absolute Gasteiger partial charge is 0.338 e. The number of ketones is 1. The highest BCUT2D eigenvalue weighted by Crippen LogP contribution is 2.31. The van der Waals surface area contributed by atoms with Gasteiger partial charge in [0.25, 0.3) is 11.8 Å². The zero-order chi connectivity index (χ0) is 22.1. The second-order valence-electron chi connectivity index (χ2n) is 7.36. The molecule has 0 saturated heterocycles. The fraction of sp³-hybridized carbons (Fsp3) is 0.120. The topological polar surface area (TPSA) is 80.8 Å². The lowest BCUT2D eigenvalue weighted by molar-refractivity contribution is 0.0474. The maximum Gasteiger partial charge on any atom is 0.338 e. The Morgan fingerprint density at radius 2 is 1.52 bits per heavy atom. The third-order valence-electron chi connectivity index (χ3n) is 5.16. The Bertz CT molecular complexity index is 1230. The van der Waals surface area contributed by atoms with E-state index in [2.05, 4.69) is 0 Å². The maximum absolute atomic E-state index is 13.0. The van der Waals surface area contributed by atoms with Crippen molar-refractivity contribution in [2.45, 2.75) is 13.8 Å². The van der Waals surface area contributed by atoms with Gasteiger partial charge in [-0.25, -0.2) is 9.69 Å². The number of esters is 1. The number of ether oxygens (including phenoxy) is 1. The largest absolute Gasteiger partial charge is 0.454 e. The number of amides is 2. The van der Waals surface area contributed by atoms with Crippen LogP contribution < -0.4 is 4.90 Å². The van der Waals surface area contributed by atoms with Crippen LogP contribution in [0.5, 0.6) is 0 Å². The Morgan fingerprint density at radius 3 is 2.26 bits per heavy atom. The van der Waals surface area contributed by atoms with Gasteiger partial charge in [0, 0.05) is 5.56 Å². The molecule has 0 atom stereocenters. The lowest BCUT2D eigenvalue weighted by Crippen LogP contribution is -2.30. The van der Waals surface area contributed by atoms with E-state index in [9.17, 15) is 19.2 Å². The minimum atomic E-state index is -0.738. The second kappa shape index (κ2) is 7.99. The molecule has 31 heavy (non-hydrogen) atoms. The van der Waals surface area contributed by atoms with Gasteiger partial charge in [-0.05, 0) is 49.2 Å². The van der Waals surface area contributed by atoms with Gasteiger partial charge in [0.1, 0.15) is 0 Å². The van der Waals surface area contributed by atoms with E-state index in [0.29, 0.717) is 11.3 Å². The first-order chi connectivity index (χ1) is 14.9. The molecule has 3 aromatic carbocycles. The Balaban J connectivity index is 1.55. The lowest BCUT2D eigenvalue weighted by Gasteiger charge is -2.17. The number of carbonyl (C=O) groups is 4. The van der Waals surface area contributed by atoms with Gasteiger partial charge < -0.3 is 4.74 Å². The van der Waals surface area contributed by atoms with Crippen molar-refractivity contribution >= 4 is 29.3 Å². The standard InChI is InChI=1S/C25H19NO5/c1-15-8-9-16(2)21(12-15)26-23(28)19-11-10-18(13-20(19)24(26)29)25(30)31-14-22(27)17-6-4-3-5-7-17/h3-13H,14H2,1-2H3. The molecule has 1 heterocycles. The second-order valence-corrected chi connectivity index (χ2v) is 7.36. The van der Waals surface area contributed by atoms with Crippen molar-refractivity contribution < 1.29 is 23.9 Å². The molecule has 0 aliphatic carbocycles. The number of hydrogen-bond acceptors (Lipinski definition) is 5. The van der Waals surface area contributed by atoms with Crippen molar-refractivity contribution in [3.8, 4) is 0 Å². The van der Waals surface area contributed by atoms with Crippen molar-refractivity contribution in [3.05, 3.63) is 100 Å². The normalized spacial score (nSPS) is 12.6. The van der Waals surface area contributed by atoms with Gasteiger partial charge in [0.15, 0.2) is 12.4 Å². The van der Waals surface area contributed by atoms with Crippen molar-refractivity contribution in [1.29, 1.82) is 0 Å². The number of nitrogens with zero attached hydrogens (tertiary/aromatic N) is 1. The molecule has 0 bridgehead atoms. The van der Waals surface area contributed by atoms with E-state index in [-0.39, 0.29) is 22.5 Å². The van der Waals surface area contributed by atoms with Crippen LogP contribution in [0.1, 0.15) is 52.6 Å². The van der Waals surface area contributed by atoms with Gasteiger partial charge in [-0.1, -0.05) is 42.5 Å². The van der Waals surface area contributed by atoms with Crippen molar-refractivity contribution in [2.75, 3.05) is 11.5 Å². The van der Waals surface area contributed by atoms with E-state index in [4.69, 9.17) is 4.74 Å². The first kappa shape index (κ1) is 20.2. The highest BCUT2D eigenvalue weighted by Gasteiger charge is 2.38. The summed E-state index contributed by atoms with van der Waals surface area (Å²) in [4.78, 5) is 51.6. The lowest BCUT2D eigenvalue weighted by atomic mass is 10.1. The van der Waals surface area contributed by atoms with Gasteiger partial charge >= 0.3 is 5.97 Å². The van der Waals surface area contributed by atoms with Gasteiger partial charge in [0.2, 0.25) is 0 Å². The zero-order valence-corrected chi connectivity index (χ0v) is 17.0. The van der Waals surface area contributed by atoms with Crippen LogP contribution in [0.4, 0.5) is 5.69 Å². The number of hydrogen-bond donors (Lipinski definition) is 0. The molecule has 0 saturated carbocycles. The number of imide groups is 1. The van der Waals surface area contributed by atoms with Gasteiger partial charge in [0.05, 0.1) is 22.4 Å². The SMILES string of the molecule is Cc1ccc(C)c(N2C(=O)c3ccc(C(=O)OCC(=O)c4ccccc4)cc3C2=O)c1. The van der Waals surface area contributed by atoms with Gasteiger partial charge in [-0.15, -0.1) is 0 Å². The van der Waals surface area contributed by atoms with Gasteiger partial charge in [-0.2, -0.15) is 0 Å². The number of benzene rings is 3. The molecule has 154 valence electrons. The molecule has 6 nitrogen and oxygen atoms in total. The van der Waals surface area contributed by atoms with Crippen LogP contribution in [0.25, 0.3) is 0 Å². The predicted octanol–water partition coefficient (Wildman–Crippen LogP) is 4.14. The van der Waals surface area contributed by atoms with E-state index < -0.39 is 24.4 Å². The molecule has 1 aliphatic heterocycles. The van der Waals surface area contributed by atoms with E-state index in [0.717, 1.165) is 16.0 Å². The van der Waals surface area contributed by atoms with Crippen LogP contribution in [0.3, 0.4) is 0 Å². The molecule has 0 N–H and O–H groups in total. The number of anilines is 1. The highest BCUT2D eigenvalue weighted by molar-refractivity contribution is 6.35. The minimum absolute atomic E-state index is 0.101. The van der Waals surface area contributed by atoms with Crippen molar-refractivity contribution in [2.24, 2.45) is 0 Å². The van der Waals surface area contributed by atoms with Crippen LogP contribution in [-0.4, -0.2) is 30.2 Å². The van der Waals surface area contributed by atoms with E-state index >= 15 is 0 Å². The van der Waals surface area contributed by atoms with Crippen LogP contribution in [0, 0.1) is 13.8 Å². The summed E-state index contributed by atoms with van der Waals surface area (Å²) < 4.78 is 5.11. The van der Waals surface area contributed by atoms with E-state index in [1.165, 1.54) is 18.2 Å². The first-order valence-electron chi connectivity index (χ1n) is 9.72. The summed E-state index contributed by atoms with van der Waals surface area (Å²) in [5.74, 6) is -2.00. The van der Waals surface area contributed by atoms with Crippen LogP contribution in [0.15, 0.2) is 66.7 Å². The summed E-state index contributed by atoms with van der Waals surface area (Å²) in [5.41, 5.74) is 3.13. The summed E-state index contributed by atoms with van der Waals surface area (Å²) in [6.45, 7) is 3.29. The van der Waals surface area contributed by atoms with Crippen molar-refractivity contribution in [1.82, 2.24) is 0 Å². The number of carbonyl (C=O) groups excluding carboxylic acids is 4. The molecule has 2 amide bonds. The van der Waals surface area contributed by atoms with Crippen LogP contribution >= 0.6 is 0 Å². The number of aryl methyl sites for hydroxylation is 2. The molecule has 0 radical (unpaired) electrons. The number of Topliss-reactive ketones (excluding diaryl/α,β-unsaturated/α-hetero) is 1. The van der Waals surface area contributed by atoms with Gasteiger partial charge in [-0.3, -0.25) is 14.4 Å². The first-order valence-corrected chi connectivity index (χ1v) is 9.72. The average Bonchev–Trinajstić information content (AvgIpc) is 3.03. The van der Waals surface area contributed by atoms with Crippen molar-refractivity contribution in [3.63, 3.8) is 0 Å². The monoisotopic (exact) mass is 413 g/mol.